The Labute approximate surface area is 149 Å². The Morgan fingerprint density at radius 1 is 1.25 bits per heavy atom. The zero-order chi connectivity index (χ0) is 17.4. The fraction of sp³-hybridized carbons (Fsp3) is 0.0667. The molecule has 24 heavy (non-hydrogen) atoms. The summed E-state index contributed by atoms with van der Waals surface area (Å²) < 4.78 is 0.879. The van der Waals surface area contributed by atoms with E-state index in [1.807, 2.05) is 0 Å². The highest BCUT2D eigenvalue weighted by Crippen LogP contribution is 2.26. The van der Waals surface area contributed by atoms with E-state index in [9.17, 15) is 14.7 Å². The quantitative estimate of drug-likeness (QED) is 0.526. The van der Waals surface area contributed by atoms with Crippen molar-refractivity contribution in [3.05, 3.63) is 55.0 Å². The summed E-state index contributed by atoms with van der Waals surface area (Å²) in [6, 6.07) is 7.07. The van der Waals surface area contributed by atoms with Gasteiger partial charge in [0.15, 0.2) is 4.77 Å². The van der Waals surface area contributed by atoms with E-state index >= 15 is 0 Å². The molecule has 122 valence electrons. The van der Waals surface area contributed by atoms with Crippen molar-refractivity contribution in [3.63, 3.8) is 0 Å². The Morgan fingerprint density at radius 2 is 1.92 bits per heavy atom. The molecule has 2 aromatic rings. The Bertz CT molecular complexity index is 1000. The van der Waals surface area contributed by atoms with Crippen LogP contribution in [0.2, 0.25) is 0 Å². The van der Waals surface area contributed by atoms with Crippen molar-refractivity contribution in [2.24, 2.45) is 5.10 Å². The number of rotatable bonds is 2. The number of hydrazone groups is 1. The maximum Gasteiger partial charge on any atom is 0.280 e. The van der Waals surface area contributed by atoms with Crippen LogP contribution in [-0.4, -0.2) is 26.7 Å². The van der Waals surface area contributed by atoms with Gasteiger partial charge in [0.25, 0.3) is 11.5 Å². The van der Waals surface area contributed by atoms with Crippen LogP contribution < -0.4 is 10.6 Å². The fourth-order valence-electron chi connectivity index (χ4n) is 2.20. The second-order valence-corrected chi connectivity index (χ2v) is 6.33. The molecule has 1 amide bonds. The van der Waals surface area contributed by atoms with Gasteiger partial charge in [-0.3, -0.25) is 14.6 Å². The summed E-state index contributed by atoms with van der Waals surface area (Å²) >= 11 is 8.10. The van der Waals surface area contributed by atoms with Crippen LogP contribution in [0.15, 0.2) is 44.2 Å². The minimum atomic E-state index is -0.591. The number of aromatic nitrogens is 2. The molecule has 1 aliphatic heterocycles. The number of aromatic amines is 2. The Hall–Kier alpha value is -2.52. The molecule has 0 radical (unpaired) electrons. The van der Waals surface area contributed by atoms with Crippen molar-refractivity contribution in [2.45, 2.75) is 6.92 Å². The number of halogens is 1. The molecule has 0 spiro atoms. The molecule has 7 nitrogen and oxygen atoms in total. The Balaban J connectivity index is 2.04. The molecule has 1 aromatic heterocycles. The first kappa shape index (κ1) is 16.3. The average molecular weight is 407 g/mol. The zero-order valence-corrected chi connectivity index (χ0v) is 14.7. The third kappa shape index (κ3) is 2.95. The lowest BCUT2D eigenvalue weighted by Gasteiger charge is -2.11. The van der Waals surface area contributed by atoms with Crippen molar-refractivity contribution in [3.8, 4) is 5.88 Å². The van der Waals surface area contributed by atoms with Crippen molar-refractivity contribution >= 4 is 51.5 Å². The van der Waals surface area contributed by atoms with Gasteiger partial charge in [-0.2, -0.15) is 10.1 Å². The minimum absolute atomic E-state index is 0.000670. The molecule has 1 aromatic carbocycles. The van der Waals surface area contributed by atoms with Crippen LogP contribution in [0.4, 0.5) is 5.69 Å². The third-order valence-corrected chi connectivity index (χ3v) is 4.11. The maximum atomic E-state index is 12.6. The predicted molar refractivity (Wildman–Crippen MR) is 96.6 cm³/mol. The molecule has 2 heterocycles. The van der Waals surface area contributed by atoms with Gasteiger partial charge in [-0.1, -0.05) is 15.9 Å². The average Bonchev–Trinajstić information content (AvgIpc) is 2.79. The van der Waals surface area contributed by atoms with Gasteiger partial charge in [-0.25, -0.2) is 0 Å². The number of amides is 1. The normalized spacial score (nSPS) is 15.9. The lowest BCUT2D eigenvalue weighted by atomic mass is 10.1. The van der Waals surface area contributed by atoms with Gasteiger partial charge in [-0.05, 0) is 49.5 Å². The lowest BCUT2D eigenvalue weighted by molar-refractivity contribution is -0.114. The summed E-state index contributed by atoms with van der Waals surface area (Å²) in [4.78, 5) is 29.3. The van der Waals surface area contributed by atoms with Gasteiger partial charge < -0.3 is 10.1 Å². The van der Waals surface area contributed by atoms with Crippen molar-refractivity contribution in [1.82, 2.24) is 9.97 Å². The van der Waals surface area contributed by atoms with Crippen LogP contribution >= 0.6 is 28.1 Å². The summed E-state index contributed by atoms with van der Waals surface area (Å²) in [5, 5.41) is 15.3. The number of carbonyl (C=O) groups excluding carboxylic acids is 1. The highest BCUT2D eigenvalue weighted by molar-refractivity contribution is 9.10. The molecule has 0 fully saturated rings. The van der Waals surface area contributed by atoms with Crippen molar-refractivity contribution in [2.75, 3.05) is 5.01 Å². The number of hydrogen-bond donors (Lipinski definition) is 3. The molecule has 0 saturated carbocycles. The first-order valence-electron chi connectivity index (χ1n) is 6.79. The zero-order valence-electron chi connectivity index (χ0n) is 12.3. The van der Waals surface area contributed by atoms with E-state index in [0.717, 1.165) is 4.47 Å². The molecular weight excluding hydrogens is 396 g/mol. The highest BCUT2D eigenvalue weighted by atomic mass is 79.9. The number of H-pyrrole nitrogens is 2. The summed E-state index contributed by atoms with van der Waals surface area (Å²) in [6.45, 7) is 1.65. The molecular formula is C15H11BrN4O3S. The summed E-state index contributed by atoms with van der Waals surface area (Å²) in [6.07, 6.45) is 1.29. The first-order valence-corrected chi connectivity index (χ1v) is 8.00. The second kappa shape index (κ2) is 6.17. The molecule has 0 atom stereocenters. The van der Waals surface area contributed by atoms with Gasteiger partial charge in [0.2, 0.25) is 5.88 Å². The lowest BCUT2D eigenvalue weighted by Crippen LogP contribution is -2.21. The van der Waals surface area contributed by atoms with Gasteiger partial charge in [0.1, 0.15) is 5.56 Å². The Morgan fingerprint density at radius 3 is 2.54 bits per heavy atom. The molecule has 9 heteroatoms. The van der Waals surface area contributed by atoms with Crippen LogP contribution in [0.25, 0.3) is 6.08 Å². The van der Waals surface area contributed by atoms with E-state index in [-0.39, 0.29) is 15.9 Å². The smallest absolute Gasteiger partial charge is 0.280 e. The van der Waals surface area contributed by atoms with Gasteiger partial charge in [0.05, 0.1) is 17.0 Å². The van der Waals surface area contributed by atoms with Crippen LogP contribution in [-0.2, 0) is 4.79 Å². The van der Waals surface area contributed by atoms with E-state index in [1.165, 1.54) is 11.1 Å². The van der Waals surface area contributed by atoms with Crippen LogP contribution in [0.3, 0.4) is 0 Å². The number of nitrogens with zero attached hydrogens (tertiary/aromatic N) is 2. The fourth-order valence-corrected chi connectivity index (χ4v) is 2.66. The molecule has 0 aliphatic carbocycles. The van der Waals surface area contributed by atoms with Gasteiger partial charge >= 0.3 is 0 Å². The molecule has 1 aliphatic rings. The molecule has 3 rings (SSSR count). The third-order valence-electron chi connectivity index (χ3n) is 3.38. The molecule has 0 saturated heterocycles. The van der Waals surface area contributed by atoms with E-state index in [1.54, 1.807) is 31.2 Å². The predicted octanol–water partition coefficient (Wildman–Crippen LogP) is 2.71. The monoisotopic (exact) mass is 406 g/mol. The van der Waals surface area contributed by atoms with Crippen molar-refractivity contribution < 1.29 is 9.90 Å². The standard InChI is InChI=1S/C15H11BrN4O3S/c1-7-10(6-11-12(21)17-15(24)18-13(11)22)14(23)20(19-7)9-4-2-8(16)3-5-9/h2-6H,1H3,(H3,17,18,21,22,24). The number of benzene rings is 1. The van der Waals surface area contributed by atoms with Crippen LogP contribution in [0.5, 0.6) is 5.88 Å². The van der Waals surface area contributed by atoms with Gasteiger partial charge in [0, 0.05) is 4.47 Å². The maximum absolute atomic E-state index is 12.6. The van der Waals surface area contributed by atoms with Crippen LogP contribution in [0.1, 0.15) is 12.5 Å². The number of hydrogen-bond acceptors (Lipinski definition) is 5. The van der Waals surface area contributed by atoms with E-state index < -0.39 is 17.3 Å². The topological polar surface area (TPSA) is 102 Å². The summed E-state index contributed by atoms with van der Waals surface area (Å²) in [7, 11) is 0. The first-order chi connectivity index (χ1) is 11.4. The number of anilines is 1. The number of aromatic hydroxyl groups is 1. The van der Waals surface area contributed by atoms with E-state index in [0.29, 0.717) is 11.4 Å². The highest BCUT2D eigenvalue weighted by Gasteiger charge is 2.29. The summed E-state index contributed by atoms with van der Waals surface area (Å²) in [5.41, 5.74) is 0.565. The van der Waals surface area contributed by atoms with E-state index in [4.69, 9.17) is 12.2 Å². The Kier molecular flexibility index (Phi) is 4.20. The molecule has 0 unspecified atom stereocenters. The van der Waals surface area contributed by atoms with Crippen LogP contribution in [0, 0.1) is 4.77 Å². The van der Waals surface area contributed by atoms with Crippen molar-refractivity contribution in [1.29, 1.82) is 0 Å². The molecule has 3 N–H and O–H groups in total. The second-order valence-electron chi connectivity index (χ2n) is 5.01. The minimum Gasteiger partial charge on any atom is -0.494 e. The number of carbonyl (C=O) groups is 1. The molecule has 0 bridgehead atoms. The SMILES string of the molecule is CC1=NN(c2ccc(Br)cc2)C(=O)C1=Cc1c(O)[nH]c(=S)[nH]c1=O. The van der Waals surface area contributed by atoms with Gasteiger partial charge in [-0.15, -0.1) is 0 Å². The summed E-state index contributed by atoms with van der Waals surface area (Å²) in [5.74, 6) is -0.796. The number of nitrogens with one attached hydrogen (secondary N) is 2. The van der Waals surface area contributed by atoms with E-state index in [2.05, 4.69) is 31.0 Å². The largest absolute Gasteiger partial charge is 0.494 e.